The maximum Gasteiger partial charge on any atom is 0.271 e. The average molecular weight is 209 g/mol. The van der Waals surface area contributed by atoms with Gasteiger partial charge in [-0.2, -0.15) is 0 Å². The summed E-state index contributed by atoms with van der Waals surface area (Å²) in [6, 6.07) is 0.141. The molecule has 1 amide bonds. The number of hydrogen-bond donors (Lipinski definition) is 1. The summed E-state index contributed by atoms with van der Waals surface area (Å²) in [7, 11) is 0. The van der Waals surface area contributed by atoms with E-state index in [-0.39, 0.29) is 11.9 Å². The summed E-state index contributed by atoms with van der Waals surface area (Å²) >= 11 is 1.52. The van der Waals surface area contributed by atoms with Crippen LogP contribution in [0.1, 0.15) is 24.3 Å². The summed E-state index contributed by atoms with van der Waals surface area (Å²) in [6.07, 6.45) is 3.63. The lowest BCUT2D eigenvalue weighted by molar-refractivity contribution is 0.0938. The molecule has 2 rings (SSSR count). The number of carbonyl (C=O) groups excluding carboxylic acids is 1. The lowest BCUT2D eigenvalue weighted by atomic mass is 10.3. The van der Waals surface area contributed by atoms with Gasteiger partial charge in [-0.05, 0) is 13.8 Å². The van der Waals surface area contributed by atoms with Gasteiger partial charge in [0.2, 0.25) is 0 Å². The van der Waals surface area contributed by atoms with Crippen LogP contribution in [0.2, 0.25) is 0 Å². The fraction of sp³-hybridized carbons (Fsp3) is 0.333. The Morgan fingerprint density at radius 3 is 3.07 bits per heavy atom. The zero-order chi connectivity index (χ0) is 10.1. The van der Waals surface area contributed by atoms with Gasteiger partial charge in [-0.3, -0.25) is 9.20 Å². The predicted octanol–water partition coefficient (Wildman–Crippen LogP) is 1.53. The molecule has 2 heterocycles. The Morgan fingerprint density at radius 1 is 1.64 bits per heavy atom. The molecule has 2 aromatic heterocycles. The summed E-state index contributed by atoms with van der Waals surface area (Å²) in [5, 5.41) is 4.74. The van der Waals surface area contributed by atoms with Crippen LogP contribution < -0.4 is 5.32 Å². The number of amides is 1. The first-order chi connectivity index (χ1) is 6.66. The van der Waals surface area contributed by atoms with Gasteiger partial charge in [0, 0.05) is 23.8 Å². The van der Waals surface area contributed by atoms with Gasteiger partial charge in [-0.1, -0.05) is 0 Å². The molecule has 1 N–H and O–H groups in total. The number of aromatic nitrogens is 2. The number of hydrogen-bond acceptors (Lipinski definition) is 3. The molecular weight excluding hydrogens is 198 g/mol. The van der Waals surface area contributed by atoms with Crippen LogP contribution in [0.25, 0.3) is 4.96 Å². The average Bonchev–Trinajstić information content (AvgIpc) is 2.58. The Hall–Kier alpha value is -1.36. The number of nitrogens with one attached hydrogen (secondary N) is 1. The van der Waals surface area contributed by atoms with Gasteiger partial charge in [0.25, 0.3) is 5.91 Å². The van der Waals surface area contributed by atoms with E-state index in [1.165, 1.54) is 11.3 Å². The molecule has 2 aromatic rings. The summed E-state index contributed by atoms with van der Waals surface area (Å²) in [6.45, 7) is 3.85. The lowest BCUT2D eigenvalue weighted by Crippen LogP contribution is -2.30. The molecule has 0 spiro atoms. The molecule has 4 nitrogen and oxygen atoms in total. The van der Waals surface area contributed by atoms with Crippen molar-refractivity contribution in [2.75, 3.05) is 0 Å². The predicted molar refractivity (Wildman–Crippen MR) is 55.7 cm³/mol. The number of rotatable bonds is 2. The highest BCUT2D eigenvalue weighted by Gasteiger charge is 2.11. The minimum Gasteiger partial charge on any atom is -0.348 e. The van der Waals surface area contributed by atoms with E-state index in [9.17, 15) is 4.79 Å². The number of thiazole rings is 1. The fourth-order valence-corrected chi connectivity index (χ4v) is 1.87. The number of nitrogens with zero attached hydrogens (tertiary/aromatic N) is 2. The second-order valence-electron chi connectivity index (χ2n) is 3.35. The monoisotopic (exact) mass is 209 g/mol. The molecule has 14 heavy (non-hydrogen) atoms. The first-order valence-electron chi connectivity index (χ1n) is 4.40. The summed E-state index contributed by atoms with van der Waals surface area (Å²) in [5.74, 6) is -0.115. The van der Waals surface area contributed by atoms with Crippen LogP contribution in [0.5, 0.6) is 0 Å². The van der Waals surface area contributed by atoms with Gasteiger partial charge in [0.15, 0.2) is 4.96 Å². The lowest BCUT2D eigenvalue weighted by Gasteiger charge is -2.04. The normalized spacial score (nSPS) is 11.1. The van der Waals surface area contributed by atoms with E-state index in [1.54, 1.807) is 6.20 Å². The van der Waals surface area contributed by atoms with E-state index in [4.69, 9.17) is 0 Å². The maximum atomic E-state index is 11.5. The minimum atomic E-state index is -0.115. The van der Waals surface area contributed by atoms with Crippen LogP contribution in [-0.4, -0.2) is 21.3 Å². The highest BCUT2D eigenvalue weighted by Crippen LogP contribution is 2.11. The highest BCUT2D eigenvalue weighted by atomic mass is 32.1. The molecule has 0 atom stereocenters. The van der Waals surface area contributed by atoms with Crippen molar-refractivity contribution in [2.24, 2.45) is 0 Å². The molecule has 0 aliphatic rings. The van der Waals surface area contributed by atoms with E-state index >= 15 is 0 Å². The molecule has 0 radical (unpaired) electrons. The fourth-order valence-electron chi connectivity index (χ4n) is 1.17. The van der Waals surface area contributed by atoms with Crippen molar-refractivity contribution >= 4 is 22.2 Å². The van der Waals surface area contributed by atoms with Crippen molar-refractivity contribution in [3.8, 4) is 0 Å². The van der Waals surface area contributed by atoms with Crippen LogP contribution in [0, 0.1) is 0 Å². The van der Waals surface area contributed by atoms with Crippen LogP contribution in [0.4, 0.5) is 0 Å². The van der Waals surface area contributed by atoms with Gasteiger partial charge < -0.3 is 5.32 Å². The summed E-state index contributed by atoms with van der Waals surface area (Å²) < 4.78 is 1.85. The molecule has 5 heteroatoms. The van der Waals surface area contributed by atoms with Gasteiger partial charge in [-0.15, -0.1) is 11.3 Å². The van der Waals surface area contributed by atoms with E-state index in [1.807, 2.05) is 29.8 Å². The molecule has 0 aliphatic carbocycles. The minimum absolute atomic E-state index is 0.115. The quantitative estimate of drug-likeness (QED) is 0.815. The first kappa shape index (κ1) is 9.21. The Kier molecular flexibility index (Phi) is 2.25. The molecule has 0 bridgehead atoms. The van der Waals surface area contributed by atoms with Crippen LogP contribution in [0.3, 0.4) is 0 Å². The molecule has 74 valence electrons. The number of fused-ring (bicyclic) bond motifs is 1. The molecule has 0 saturated heterocycles. The van der Waals surface area contributed by atoms with Gasteiger partial charge in [-0.25, -0.2) is 4.98 Å². The van der Waals surface area contributed by atoms with Crippen molar-refractivity contribution in [1.82, 2.24) is 14.7 Å². The highest BCUT2D eigenvalue weighted by molar-refractivity contribution is 7.15. The van der Waals surface area contributed by atoms with Crippen molar-refractivity contribution in [3.05, 3.63) is 23.5 Å². The smallest absolute Gasteiger partial charge is 0.271 e. The zero-order valence-electron chi connectivity index (χ0n) is 8.02. The third kappa shape index (κ3) is 1.63. The van der Waals surface area contributed by atoms with Gasteiger partial charge in [0.05, 0.1) is 0 Å². The third-order valence-electron chi connectivity index (χ3n) is 1.75. The second kappa shape index (κ2) is 3.42. The van der Waals surface area contributed by atoms with Gasteiger partial charge >= 0.3 is 0 Å². The van der Waals surface area contributed by atoms with Crippen LogP contribution in [-0.2, 0) is 0 Å². The Balaban J connectivity index is 2.26. The van der Waals surface area contributed by atoms with Crippen molar-refractivity contribution in [2.45, 2.75) is 19.9 Å². The largest absolute Gasteiger partial charge is 0.348 e. The van der Waals surface area contributed by atoms with E-state index in [0.717, 1.165) is 4.96 Å². The topological polar surface area (TPSA) is 46.4 Å². The zero-order valence-corrected chi connectivity index (χ0v) is 8.84. The maximum absolute atomic E-state index is 11.5. The van der Waals surface area contributed by atoms with Gasteiger partial charge in [0.1, 0.15) is 5.69 Å². The first-order valence-corrected chi connectivity index (χ1v) is 5.28. The SMILES string of the molecule is CC(C)NC(=O)c1cn2ccsc2n1. The van der Waals surface area contributed by atoms with E-state index in [0.29, 0.717) is 5.69 Å². The van der Waals surface area contributed by atoms with Crippen LogP contribution >= 0.6 is 11.3 Å². The van der Waals surface area contributed by atoms with Crippen molar-refractivity contribution < 1.29 is 4.79 Å². The molecular formula is C9H11N3OS. The molecule has 0 unspecified atom stereocenters. The second-order valence-corrected chi connectivity index (χ2v) is 4.22. The Labute approximate surface area is 85.6 Å². The standard InChI is InChI=1S/C9H11N3OS/c1-6(2)10-8(13)7-5-12-3-4-14-9(12)11-7/h3-6H,1-2H3,(H,10,13). The van der Waals surface area contributed by atoms with E-state index < -0.39 is 0 Å². The van der Waals surface area contributed by atoms with Crippen molar-refractivity contribution in [1.29, 1.82) is 0 Å². The molecule has 0 aromatic carbocycles. The summed E-state index contributed by atoms with van der Waals surface area (Å²) in [5.41, 5.74) is 0.477. The molecule has 0 fully saturated rings. The summed E-state index contributed by atoms with van der Waals surface area (Å²) in [4.78, 5) is 16.6. The number of carbonyl (C=O) groups is 1. The van der Waals surface area contributed by atoms with E-state index in [2.05, 4.69) is 10.3 Å². The number of imidazole rings is 1. The molecule has 0 aliphatic heterocycles. The molecule has 0 saturated carbocycles. The van der Waals surface area contributed by atoms with Crippen molar-refractivity contribution in [3.63, 3.8) is 0 Å². The Bertz CT molecular complexity index is 429. The third-order valence-corrected chi connectivity index (χ3v) is 2.52. The van der Waals surface area contributed by atoms with Crippen LogP contribution in [0.15, 0.2) is 17.8 Å². The Morgan fingerprint density at radius 2 is 2.43 bits per heavy atom.